The standard InChI is InChI=1S/C18H21N5O3S/c1-21-8-7-19-18(21)17(24)16-11-15-12-22(9-10-23(15)20-16)27(25,26)13-14-5-3-2-4-6-14/h2-8,11,17,24H,9-10,12-13H2,1H3. The predicted octanol–water partition coefficient (Wildman–Crippen LogP) is 1.04. The van der Waals surface area contributed by atoms with Gasteiger partial charge in [0.05, 0.1) is 30.2 Å². The van der Waals surface area contributed by atoms with E-state index in [4.69, 9.17) is 0 Å². The highest BCUT2D eigenvalue weighted by molar-refractivity contribution is 7.88. The minimum Gasteiger partial charge on any atom is -0.379 e. The van der Waals surface area contributed by atoms with E-state index in [1.807, 2.05) is 30.3 Å². The summed E-state index contributed by atoms with van der Waals surface area (Å²) >= 11 is 0. The van der Waals surface area contributed by atoms with Gasteiger partial charge in [0.1, 0.15) is 5.82 Å². The van der Waals surface area contributed by atoms with E-state index in [0.29, 0.717) is 24.6 Å². The minimum atomic E-state index is -3.43. The molecule has 1 aliphatic heterocycles. The second-order valence-corrected chi connectivity index (χ2v) is 8.63. The van der Waals surface area contributed by atoms with Gasteiger partial charge in [-0.1, -0.05) is 30.3 Å². The molecule has 0 aliphatic carbocycles. The number of aliphatic hydroxyl groups excluding tert-OH is 1. The first-order valence-electron chi connectivity index (χ1n) is 8.68. The van der Waals surface area contributed by atoms with Crippen LogP contribution in [0.25, 0.3) is 0 Å². The van der Waals surface area contributed by atoms with Gasteiger partial charge < -0.3 is 9.67 Å². The SMILES string of the molecule is Cn1ccnc1C(O)c1cc2n(n1)CCN(S(=O)(=O)Cc1ccccc1)C2. The third-order valence-electron chi connectivity index (χ3n) is 4.75. The van der Waals surface area contributed by atoms with E-state index < -0.39 is 16.1 Å². The van der Waals surface area contributed by atoms with Crippen LogP contribution in [0.15, 0.2) is 48.8 Å². The van der Waals surface area contributed by atoms with Crippen molar-refractivity contribution in [3.8, 4) is 0 Å². The predicted molar refractivity (Wildman–Crippen MR) is 99.0 cm³/mol. The number of hydrogen-bond donors (Lipinski definition) is 1. The normalized spacial score (nSPS) is 16.2. The first-order valence-corrected chi connectivity index (χ1v) is 10.3. The number of aromatic nitrogens is 4. The number of hydrogen-bond acceptors (Lipinski definition) is 5. The Morgan fingerprint density at radius 2 is 2.00 bits per heavy atom. The van der Waals surface area contributed by atoms with Crippen LogP contribution < -0.4 is 0 Å². The Kier molecular flexibility index (Phi) is 4.58. The number of fused-ring (bicyclic) bond motifs is 1. The Bertz CT molecular complexity index is 1040. The van der Waals surface area contributed by atoms with Crippen LogP contribution in [0.5, 0.6) is 0 Å². The van der Waals surface area contributed by atoms with Crippen molar-refractivity contribution in [3.63, 3.8) is 0 Å². The van der Waals surface area contributed by atoms with E-state index in [0.717, 1.165) is 11.3 Å². The Morgan fingerprint density at radius 1 is 1.22 bits per heavy atom. The number of rotatable bonds is 5. The molecule has 27 heavy (non-hydrogen) atoms. The van der Waals surface area contributed by atoms with Gasteiger partial charge in [0.15, 0.2) is 6.10 Å². The lowest BCUT2D eigenvalue weighted by Gasteiger charge is -2.26. The van der Waals surface area contributed by atoms with Crippen molar-refractivity contribution in [2.75, 3.05) is 6.54 Å². The summed E-state index contributed by atoms with van der Waals surface area (Å²) in [5, 5.41) is 15.0. The first-order chi connectivity index (χ1) is 12.9. The molecule has 1 atom stereocenters. The second kappa shape index (κ2) is 6.91. The molecular weight excluding hydrogens is 366 g/mol. The molecule has 0 saturated heterocycles. The second-order valence-electron chi connectivity index (χ2n) is 6.66. The van der Waals surface area contributed by atoms with Crippen LogP contribution in [0.2, 0.25) is 0 Å². The van der Waals surface area contributed by atoms with Crippen LogP contribution in [0.1, 0.15) is 28.9 Å². The molecule has 8 nitrogen and oxygen atoms in total. The van der Waals surface area contributed by atoms with Crippen LogP contribution in [0.3, 0.4) is 0 Å². The number of nitrogens with zero attached hydrogens (tertiary/aromatic N) is 5. The fraction of sp³-hybridized carbons (Fsp3) is 0.333. The fourth-order valence-electron chi connectivity index (χ4n) is 3.28. The quantitative estimate of drug-likeness (QED) is 0.706. The summed E-state index contributed by atoms with van der Waals surface area (Å²) in [5.74, 6) is 0.476. The van der Waals surface area contributed by atoms with Gasteiger partial charge in [0.2, 0.25) is 10.0 Å². The van der Waals surface area contributed by atoms with Crippen molar-refractivity contribution in [1.29, 1.82) is 0 Å². The number of benzene rings is 1. The number of sulfonamides is 1. The van der Waals surface area contributed by atoms with Crippen molar-refractivity contribution in [3.05, 3.63) is 71.6 Å². The van der Waals surface area contributed by atoms with Gasteiger partial charge in [-0.15, -0.1) is 0 Å². The van der Waals surface area contributed by atoms with Gasteiger partial charge in [-0.05, 0) is 11.6 Å². The maximum absolute atomic E-state index is 12.8. The lowest BCUT2D eigenvalue weighted by atomic mass is 10.2. The van der Waals surface area contributed by atoms with Gasteiger partial charge in [-0.25, -0.2) is 13.4 Å². The van der Waals surface area contributed by atoms with E-state index in [1.165, 1.54) is 4.31 Å². The summed E-state index contributed by atoms with van der Waals surface area (Å²) in [5.41, 5.74) is 2.00. The summed E-state index contributed by atoms with van der Waals surface area (Å²) in [7, 11) is -1.62. The van der Waals surface area contributed by atoms with E-state index in [-0.39, 0.29) is 12.3 Å². The van der Waals surface area contributed by atoms with Crippen LogP contribution in [-0.4, -0.2) is 43.7 Å². The first kappa shape index (κ1) is 17.9. The van der Waals surface area contributed by atoms with Gasteiger partial charge in [-0.3, -0.25) is 4.68 Å². The van der Waals surface area contributed by atoms with Crippen molar-refractivity contribution in [1.82, 2.24) is 23.6 Å². The molecular formula is C18H21N5O3S. The minimum absolute atomic E-state index is 0.0231. The average molecular weight is 387 g/mol. The van der Waals surface area contributed by atoms with E-state index in [1.54, 1.807) is 34.8 Å². The van der Waals surface area contributed by atoms with E-state index in [9.17, 15) is 13.5 Å². The summed E-state index contributed by atoms with van der Waals surface area (Å²) in [6.07, 6.45) is 2.43. The highest BCUT2D eigenvalue weighted by Crippen LogP contribution is 2.24. The average Bonchev–Trinajstić information content (AvgIpc) is 3.27. The van der Waals surface area contributed by atoms with Gasteiger partial charge in [0, 0.05) is 26.0 Å². The van der Waals surface area contributed by atoms with Crippen molar-refractivity contribution < 1.29 is 13.5 Å². The van der Waals surface area contributed by atoms with Crippen molar-refractivity contribution >= 4 is 10.0 Å². The molecule has 3 aromatic rings. The van der Waals surface area contributed by atoms with Crippen LogP contribution in [0, 0.1) is 0 Å². The Balaban J connectivity index is 1.53. The largest absolute Gasteiger partial charge is 0.379 e. The molecule has 1 N–H and O–H groups in total. The zero-order valence-corrected chi connectivity index (χ0v) is 15.7. The Labute approximate surface area is 157 Å². The lowest BCUT2D eigenvalue weighted by molar-refractivity contribution is 0.200. The number of aryl methyl sites for hydroxylation is 1. The highest BCUT2D eigenvalue weighted by Gasteiger charge is 2.29. The molecule has 0 radical (unpaired) electrons. The summed E-state index contributed by atoms with van der Waals surface area (Å²) in [6, 6.07) is 10.9. The van der Waals surface area contributed by atoms with Crippen molar-refractivity contribution in [2.45, 2.75) is 24.9 Å². The number of imidazole rings is 1. The maximum Gasteiger partial charge on any atom is 0.218 e. The Hall–Kier alpha value is -2.49. The summed E-state index contributed by atoms with van der Waals surface area (Å²) in [4.78, 5) is 4.16. The molecule has 1 aromatic carbocycles. The molecule has 0 fully saturated rings. The molecule has 0 amide bonds. The molecule has 0 spiro atoms. The molecule has 3 heterocycles. The molecule has 142 valence electrons. The zero-order chi connectivity index (χ0) is 19.0. The molecule has 9 heteroatoms. The third-order valence-corrected chi connectivity index (χ3v) is 6.55. The van der Waals surface area contributed by atoms with E-state index >= 15 is 0 Å². The fourth-order valence-corrected chi connectivity index (χ4v) is 4.77. The smallest absolute Gasteiger partial charge is 0.218 e. The van der Waals surface area contributed by atoms with Crippen molar-refractivity contribution in [2.24, 2.45) is 7.05 Å². The van der Waals surface area contributed by atoms with Crippen LogP contribution >= 0.6 is 0 Å². The Morgan fingerprint density at radius 3 is 2.70 bits per heavy atom. The van der Waals surface area contributed by atoms with Gasteiger partial charge >= 0.3 is 0 Å². The van der Waals surface area contributed by atoms with Crippen LogP contribution in [-0.2, 0) is 35.9 Å². The lowest BCUT2D eigenvalue weighted by Crippen LogP contribution is -2.39. The highest BCUT2D eigenvalue weighted by atomic mass is 32.2. The zero-order valence-electron chi connectivity index (χ0n) is 14.9. The molecule has 0 bridgehead atoms. The molecule has 1 aliphatic rings. The third kappa shape index (κ3) is 3.53. The molecule has 4 rings (SSSR count). The summed E-state index contributed by atoms with van der Waals surface area (Å²) in [6.45, 7) is 1.06. The number of aliphatic hydroxyl groups is 1. The maximum atomic E-state index is 12.8. The molecule has 0 saturated carbocycles. The van der Waals surface area contributed by atoms with Gasteiger partial charge in [0.25, 0.3) is 0 Å². The monoisotopic (exact) mass is 387 g/mol. The molecule has 2 aromatic heterocycles. The van der Waals surface area contributed by atoms with E-state index in [2.05, 4.69) is 10.1 Å². The topological polar surface area (TPSA) is 93.2 Å². The van der Waals surface area contributed by atoms with Crippen LogP contribution in [0.4, 0.5) is 0 Å². The van der Waals surface area contributed by atoms with Gasteiger partial charge in [-0.2, -0.15) is 9.40 Å². The molecule has 1 unspecified atom stereocenters. The summed E-state index contributed by atoms with van der Waals surface area (Å²) < 4.78 is 30.5.